The first-order valence-electron chi connectivity index (χ1n) is 5.52. The SMILES string of the molecule is O=S(=O)(Cc1ccccc1)C1CCCOC1. The summed E-state index contributed by atoms with van der Waals surface area (Å²) in [5.74, 6) is 0.127. The fourth-order valence-electron chi connectivity index (χ4n) is 1.92. The van der Waals surface area contributed by atoms with Gasteiger partial charge in [0.2, 0.25) is 0 Å². The van der Waals surface area contributed by atoms with E-state index in [0.29, 0.717) is 13.2 Å². The van der Waals surface area contributed by atoms with Crippen LogP contribution in [0.15, 0.2) is 30.3 Å². The van der Waals surface area contributed by atoms with Crippen molar-refractivity contribution in [1.82, 2.24) is 0 Å². The number of hydrogen-bond acceptors (Lipinski definition) is 3. The van der Waals surface area contributed by atoms with Crippen LogP contribution < -0.4 is 0 Å². The van der Waals surface area contributed by atoms with Crippen LogP contribution in [0.1, 0.15) is 18.4 Å². The molecule has 88 valence electrons. The first kappa shape index (κ1) is 11.6. The van der Waals surface area contributed by atoms with Crippen LogP contribution in [0, 0.1) is 0 Å². The van der Waals surface area contributed by atoms with Crippen LogP contribution in [0.4, 0.5) is 0 Å². The molecule has 1 fully saturated rings. The molecule has 4 heteroatoms. The zero-order chi connectivity index (χ0) is 11.4. The molecule has 1 aliphatic rings. The van der Waals surface area contributed by atoms with Crippen molar-refractivity contribution in [3.05, 3.63) is 35.9 Å². The Kier molecular flexibility index (Phi) is 3.61. The molecule has 1 aromatic carbocycles. The molecule has 0 saturated carbocycles. The fraction of sp³-hybridized carbons (Fsp3) is 0.500. The topological polar surface area (TPSA) is 43.4 Å². The number of ether oxygens (including phenoxy) is 1. The standard InChI is InChI=1S/C12H16O3S/c13-16(14,12-7-4-8-15-9-12)10-11-5-2-1-3-6-11/h1-3,5-6,12H,4,7-10H2. The lowest BCUT2D eigenvalue weighted by atomic mass is 10.2. The first-order chi connectivity index (χ1) is 7.68. The molecule has 0 bridgehead atoms. The Labute approximate surface area is 96.4 Å². The lowest BCUT2D eigenvalue weighted by Crippen LogP contribution is -2.31. The summed E-state index contributed by atoms with van der Waals surface area (Å²) in [6, 6.07) is 9.31. The Balaban J connectivity index is 2.08. The largest absolute Gasteiger partial charge is 0.380 e. The zero-order valence-electron chi connectivity index (χ0n) is 9.13. The normalized spacial score (nSPS) is 21.9. The second-order valence-corrected chi connectivity index (χ2v) is 6.41. The molecular formula is C12H16O3S. The third-order valence-electron chi connectivity index (χ3n) is 2.84. The van der Waals surface area contributed by atoms with E-state index in [-0.39, 0.29) is 11.0 Å². The van der Waals surface area contributed by atoms with Crippen LogP contribution in [0.25, 0.3) is 0 Å². The van der Waals surface area contributed by atoms with Crippen molar-refractivity contribution < 1.29 is 13.2 Å². The Hall–Kier alpha value is -0.870. The van der Waals surface area contributed by atoms with Crippen LogP contribution in [-0.4, -0.2) is 26.9 Å². The van der Waals surface area contributed by atoms with E-state index in [0.717, 1.165) is 18.4 Å². The minimum atomic E-state index is -3.06. The van der Waals surface area contributed by atoms with Gasteiger partial charge in [0.1, 0.15) is 0 Å². The van der Waals surface area contributed by atoms with Gasteiger partial charge in [0.25, 0.3) is 0 Å². The van der Waals surface area contributed by atoms with E-state index >= 15 is 0 Å². The maximum absolute atomic E-state index is 12.1. The molecule has 1 heterocycles. The third kappa shape index (κ3) is 2.83. The van der Waals surface area contributed by atoms with Crippen LogP contribution in [-0.2, 0) is 20.3 Å². The van der Waals surface area contributed by atoms with Gasteiger partial charge < -0.3 is 4.74 Å². The van der Waals surface area contributed by atoms with E-state index in [1.807, 2.05) is 30.3 Å². The highest BCUT2D eigenvalue weighted by atomic mass is 32.2. The van der Waals surface area contributed by atoms with E-state index in [4.69, 9.17) is 4.74 Å². The number of hydrogen-bond donors (Lipinski definition) is 0. The molecule has 1 unspecified atom stereocenters. The number of rotatable bonds is 3. The van der Waals surface area contributed by atoms with Crippen molar-refractivity contribution in [2.45, 2.75) is 23.8 Å². The summed E-state index contributed by atoms with van der Waals surface area (Å²) in [4.78, 5) is 0. The molecule has 0 spiro atoms. The smallest absolute Gasteiger partial charge is 0.159 e. The van der Waals surface area contributed by atoms with Gasteiger partial charge in [-0.15, -0.1) is 0 Å². The summed E-state index contributed by atoms with van der Waals surface area (Å²) < 4.78 is 29.4. The summed E-state index contributed by atoms with van der Waals surface area (Å²) in [6.07, 6.45) is 1.58. The fourth-order valence-corrected chi connectivity index (χ4v) is 3.64. The minimum Gasteiger partial charge on any atom is -0.380 e. The number of benzene rings is 1. The summed E-state index contributed by atoms with van der Waals surface area (Å²) in [5, 5.41) is -0.318. The van der Waals surface area contributed by atoms with Gasteiger partial charge in [0.05, 0.1) is 17.6 Å². The van der Waals surface area contributed by atoms with Gasteiger partial charge in [-0.2, -0.15) is 0 Å². The molecule has 3 nitrogen and oxygen atoms in total. The van der Waals surface area contributed by atoms with Crippen molar-refractivity contribution >= 4 is 9.84 Å². The summed E-state index contributed by atoms with van der Waals surface area (Å²) in [5.41, 5.74) is 0.855. The Morgan fingerprint density at radius 2 is 2.00 bits per heavy atom. The van der Waals surface area contributed by atoms with Gasteiger partial charge in [-0.05, 0) is 18.4 Å². The minimum absolute atomic E-state index is 0.127. The van der Waals surface area contributed by atoms with Crippen molar-refractivity contribution in [3.8, 4) is 0 Å². The highest BCUT2D eigenvalue weighted by Gasteiger charge is 2.27. The molecule has 16 heavy (non-hydrogen) atoms. The maximum atomic E-state index is 12.1. The molecular weight excluding hydrogens is 224 g/mol. The molecule has 1 aromatic rings. The lowest BCUT2D eigenvalue weighted by molar-refractivity contribution is 0.0991. The predicted molar refractivity (Wildman–Crippen MR) is 62.9 cm³/mol. The molecule has 1 atom stereocenters. The van der Waals surface area contributed by atoms with Crippen LogP contribution in [0.3, 0.4) is 0 Å². The van der Waals surface area contributed by atoms with E-state index < -0.39 is 9.84 Å². The van der Waals surface area contributed by atoms with Crippen molar-refractivity contribution in [2.24, 2.45) is 0 Å². The maximum Gasteiger partial charge on any atom is 0.159 e. The highest BCUT2D eigenvalue weighted by Crippen LogP contribution is 2.18. The van der Waals surface area contributed by atoms with E-state index in [9.17, 15) is 8.42 Å². The molecule has 1 saturated heterocycles. The van der Waals surface area contributed by atoms with Gasteiger partial charge in [0, 0.05) is 6.61 Å². The Morgan fingerprint density at radius 3 is 2.62 bits per heavy atom. The van der Waals surface area contributed by atoms with E-state index in [2.05, 4.69) is 0 Å². The van der Waals surface area contributed by atoms with Crippen molar-refractivity contribution in [2.75, 3.05) is 13.2 Å². The van der Waals surface area contributed by atoms with Crippen LogP contribution in [0.2, 0.25) is 0 Å². The van der Waals surface area contributed by atoms with E-state index in [1.165, 1.54) is 0 Å². The highest BCUT2D eigenvalue weighted by molar-refractivity contribution is 7.91. The first-order valence-corrected chi connectivity index (χ1v) is 7.23. The second-order valence-electron chi connectivity index (χ2n) is 4.13. The van der Waals surface area contributed by atoms with E-state index in [1.54, 1.807) is 0 Å². The predicted octanol–water partition coefficient (Wildman–Crippen LogP) is 1.78. The zero-order valence-corrected chi connectivity index (χ0v) is 9.95. The van der Waals surface area contributed by atoms with Crippen LogP contribution in [0.5, 0.6) is 0 Å². The molecule has 0 amide bonds. The molecule has 0 aromatic heterocycles. The Bertz CT molecular complexity index is 419. The lowest BCUT2D eigenvalue weighted by Gasteiger charge is -2.22. The average molecular weight is 240 g/mol. The molecule has 1 aliphatic heterocycles. The van der Waals surface area contributed by atoms with Gasteiger partial charge in [0.15, 0.2) is 9.84 Å². The van der Waals surface area contributed by atoms with Crippen molar-refractivity contribution in [1.29, 1.82) is 0 Å². The monoisotopic (exact) mass is 240 g/mol. The summed E-state index contributed by atoms with van der Waals surface area (Å²) in [7, 11) is -3.06. The number of sulfone groups is 1. The molecule has 2 rings (SSSR count). The third-order valence-corrected chi connectivity index (χ3v) is 4.96. The molecule has 0 radical (unpaired) electrons. The quantitative estimate of drug-likeness (QED) is 0.809. The second kappa shape index (κ2) is 4.97. The van der Waals surface area contributed by atoms with Gasteiger partial charge in [-0.1, -0.05) is 30.3 Å². The molecule has 0 N–H and O–H groups in total. The van der Waals surface area contributed by atoms with Crippen molar-refractivity contribution in [3.63, 3.8) is 0 Å². The van der Waals surface area contributed by atoms with Gasteiger partial charge >= 0.3 is 0 Å². The molecule has 0 aliphatic carbocycles. The summed E-state index contributed by atoms with van der Waals surface area (Å²) >= 11 is 0. The van der Waals surface area contributed by atoms with Gasteiger partial charge in [-0.25, -0.2) is 8.42 Å². The average Bonchev–Trinajstić information content (AvgIpc) is 2.31. The Morgan fingerprint density at radius 1 is 1.25 bits per heavy atom. The summed E-state index contributed by atoms with van der Waals surface area (Å²) in [6.45, 7) is 1.05. The van der Waals surface area contributed by atoms with Gasteiger partial charge in [-0.3, -0.25) is 0 Å². The van der Waals surface area contributed by atoms with Crippen LogP contribution >= 0.6 is 0 Å².